The van der Waals surface area contributed by atoms with Crippen molar-refractivity contribution < 1.29 is 13.6 Å². The first-order chi connectivity index (χ1) is 5.91. The zero-order chi connectivity index (χ0) is 10.5. The SMILES string of the molecule is CCS(=O)(=O)NC(C)CC(N)=NO. The topological polar surface area (TPSA) is 105 Å². The fourth-order valence-electron chi connectivity index (χ4n) is 0.786. The summed E-state index contributed by atoms with van der Waals surface area (Å²) in [5.74, 6) is 0.0272. The molecule has 78 valence electrons. The van der Waals surface area contributed by atoms with Gasteiger partial charge in [0, 0.05) is 12.5 Å². The number of rotatable bonds is 5. The van der Waals surface area contributed by atoms with E-state index in [9.17, 15) is 8.42 Å². The van der Waals surface area contributed by atoms with Crippen LogP contribution in [0.25, 0.3) is 0 Å². The molecule has 0 spiro atoms. The van der Waals surface area contributed by atoms with Gasteiger partial charge in [0.15, 0.2) is 0 Å². The first-order valence-corrected chi connectivity index (χ1v) is 5.53. The van der Waals surface area contributed by atoms with Crippen LogP contribution in [0.3, 0.4) is 0 Å². The molecule has 0 fully saturated rings. The van der Waals surface area contributed by atoms with E-state index in [1.807, 2.05) is 0 Å². The van der Waals surface area contributed by atoms with Crippen LogP contribution in [0.15, 0.2) is 5.16 Å². The number of nitrogens with two attached hydrogens (primary N) is 1. The Morgan fingerprint density at radius 2 is 2.23 bits per heavy atom. The molecule has 0 bridgehead atoms. The second-order valence-electron chi connectivity index (χ2n) is 2.72. The molecule has 0 aliphatic rings. The van der Waals surface area contributed by atoms with E-state index in [0.717, 1.165) is 0 Å². The molecule has 0 aromatic carbocycles. The van der Waals surface area contributed by atoms with Crippen LogP contribution in [-0.4, -0.2) is 31.3 Å². The molecule has 0 aromatic rings. The molecule has 0 aromatic heterocycles. The maximum absolute atomic E-state index is 11.0. The third-order valence-electron chi connectivity index (χ3n) is 1.40. The van der Waals surface area contributed by atoms with Gasteiger partial charge < -0.3 is 10.9 Å². The van der Waals surface area contributed by atoms with Gasteiger partial charge in [-0.15, -0.1) is 0 Å². The Kier molecular flexibility index (Phi) is 4.71. The van der Waals surface area contributed by atoms with Crippen molar-refractivity contribution in [2.45, 2.75) is 26.3 Å². The van der Waals surface area contributed by atoms with Crippen LogP contribution in [0.1, 0.15) is 20.3 Å². The molecule has 0 radical (unpaired) electrons. The predicted octanol–water partition coefficient (Wildman–Crippen LogP) is -0.549. The molecular weight excluding hydrogens is 194 g/mol. The summed E-state index contributed by atoms with van der Waals surface area (Å²) < 4.78 is 24.4. The Hall–Kier alpha value is -0.820. The Balaban J connectivity index is 4.10. The lowest BCUT2D eigenvalue weighted by Crippen LogP contribution is -2.36. The Labute approximate surface area is 77.9 Å². The summed E-state index contributed by atoms with van der Waals surface area (Å²) in [6, 6.07) is -0.360. The predicted molar refractivity (Wildman–Crippen MR) is 50.1 cm³/mol. The van der Waals surface area contributed by atoms with E-state index < -0.39 is 10.0 Å². The minimum absolute atomic E-state index is 0.00584. The van der Waals surface area contributed by atoms with Gasteiger partial charge in [-0.05, 0) is 13.8 Å². The second-order valence-corrected chi connectivity index (χ2v) is 4.76. The van der Waals surface area contributed by atoms with E-state index in [0.29, 0.717) is 0 Å². The van der Waals surface area contributed by atoms with Crippen LogP contribution in [0.4, 0.5) is 0 Å². The number of hydrogen-bond donors (Lipinski definition) is 3. The zero-order valence-electron chi connectivity index (χ0n) is 7.69. The number of hydrogen-bond acceptors (Lipinski definition) is 4. The summed E-state index contributed by atoms with van der Waals surface area (Å²) in [4.78, 5) is 0. The van der Waals surface area contributed by atoms with Gasteiger partial charge in [0.05, 0.1) is 5.75 Å². The van der Waals surface area contributed by atoms with Crippen LogP contribution in [0.2, 0.25) is 0 Å². The average molecular weight is 209 g/mol. The number of oxime groups is 1. The second kappa shape index (κ2) is 5.03. The van der Waals surface area contributed by atoms with Gasteiger partial charge in [0.2, 0.25) is 10.0 Å². The van der Waals surface area contributed by atoms with Crippen molar-refractivity contribution >= 4 is 15.9 Å². The van der Waals surface area contributed by atoms with E-state index in [-0.39, 0.29) is 24.1 Å². The standard InChI is InChI=1S/C6H15N3O3S/c1-3-13(11,12)9-5(2)4-6(7)8-10/h5,9-10H,3-4H2,1-2H3,(H2,7,8). The van der Waals surface area contributed by atoms with Crippen molar-refractivity contribution in [1.29, 1.82) is 0 Å². The lowest BCUT2D eigenvalue weighted by Gasteiger charge is -2.11. The smallest absolute Gasteiger partial charge is 0.211 e. The highest BCUT2D eigenvalue weighted by atomic mass is 32.2. The molecular formula is C6H15N3O3S. The van der Waals surface area contributed by atoms with Gasteiger partial charge in [0.1, 0.15) is 5.84 Å². The van der Waals surface area contributed by atoms with Gasteiger partial charge in [-0.25, -0.2) is 13.1 Å². The molecule has 0 rings (SSSR count). The zero-order valence-corrected chi connectivity index (χ0v) is 8.50. The average Bonchev–Trinajstić information content (AvgIpc) is 2.03. The molecule has 0 saturated heterocycles. The molecule has 0 aliphatic heterocycles. The van der Waals surface area contributed by atoms with Crippen molar-refractivity contribution in [3.05, 3.63) is 0 Å². The molecule has 7 heteroatoms. The Morgan fingerprint density at radius 3 is 2.62 bits per heavy atom. The number of amidine groups is 1. The summed E-state index contributed by atoms with van der Waals surface area (Å²) in [7, 11) is -3.21. The van der Waals surface area contributed by atoms with Gasteiger partial charge in [-0.3, -0.25) is 0 Å². The molecule has 13 heavy (non-hydrogen) atoms. The Morgan fingerprint density at radius 1 is 1.69 bits per heavy atom. The van der Waals surface area contributed by atoms with Crippen LogP contribution in [0, 0.1) is 0 Å². The molecule has 0 aliphatic carbocycles. The summed E-state index contributed by atoms with van der Waals surface area (Å²) in [6.45, 7) is 3.18. The number of sulfonamides is 1. The van der Waals surface area contributed by atoms with Gasteiger partial charge in [-0.2, -0.15) is 0 Å². The maximum atomic E-state index is 11.0. The molecule has 0 saturated carbocycles. The normalized spacial score (nSPS) is 15.7. The fourth-order valence-corrected chi connectivity index (χ4v) is 1.65. The Bertz CT molecular complexity index is 273. The summed E-state index contributed by atoms with van der Waals surface area (Å²) in [6.07, 6.45) is 0.190. The van der Waals surface area contributed by atoms with E-state index in [2.05, 4.69) is 9.88 Å². The van der Waals surface area contributed by atoms with E-state index >= 15 is 0 Å². The molecule has 1 atom stereocenters. The third kappa shape index (κ3) is 5.42. The third-order valence-corrected chi connectivity index (χ3v) is 2.93. The lowest BCUT2D eigenvalue weighted by atomic mass is 10.2. The highest BCUT2D eigenvalue weighted by Gasteiger charge is 2.12. The summed E-state index contributed by atoms with van der Waals surface area (Å²) in [5, 5.41) is 11.0. The van der Waals surface area contributed by atoms with Crippen molar-refractivity contribution in [2.75, 3.05) is 5.75 Å². The summed E-state index contributed by atoms with van der Waals surface area (Å²) >= 11 is 0. The quantitative estimate of drug-likeness (QED) is 0.244. The van der Waals surface area contributed by atoms with Gasteiger partial charge in [0.25, 0.3) is 0 Å². The van der Waals surface area contributed by atoms with Crippen molar-refractivity contribution in [3.63, 3.8) is 0 Å². The molecule has 0 heterocycles. The van der Waals surface area contributed by atoms with E-state index in [4.69, 9.17) is 10.9 Å². The van der Waals surface area contributed by atoms with E-state index in [1.54, 1.807) is 13.8 Å². The van der Waals surface area contributed by atoms with Crippen molar-refractivity contribution in [3.8, 4) is 0 Å². The number of nitrogens with zero attached hydrogens (tertiary/aromatic N) is 1. The molecule has 6 nitrogen and oxygen atoms in total. The minimum atomic E-state index is -3.21. The number of nitrogens with one attached hydrogen (secondary N) is 1. The first kappa shape index (κ1) is 12.2. The van der Waals surface area contributed by atoms with Crippen LogP contribution in [0.5, 0.6) is 0 Å². The highest BCUT2D eigenvalue weighted by molar-refractivity contribution is 7.89. The fraction of sp³-hybridized carbons (Fsp3) is 0.833. The van der Waals surface area contributed by atoms with Crippen molar-refractivity contribution in [1.82, 2.24) is 4.72 Å². The van der Waals surface area contributed by atoms with E-state index in [1.165, 1.54) is 0 Å². The largest absolute Gasteiger partial charge is 0.409 e. The van der Waals surface area contributed by atoms with Crippen LogP contribution >= 0.6 is 0 Å². The van der Waals surface area contributed by atoms with Gasteiger partial charge >= 0.3 is 0 Å². The minimum Gasteiger partial charge on any atom is -0.409 e. The maximum Gasteiger partial charge on any atom is 0.211 e. The lowest BCUT2D eigenvalue weighted by molar-refractivity contribution is 0.316. The highest BCUT2D eigenvalue weighted by Crippen LogP contribution is 1.94. The molecule has 0 amide bonds. The molecule has 4 N–H and O–H groups in total. The van der Waals surface area contributed by atoms with Crippen molar-refractivity contribution in [2.24, 2.45) is 10.9 Å². The van der Waals surface area contributed by atoms with Crippen LogP contribution < -0.4 is 10.5 Å². The first-order valence-electron chi connectivity index (χ1n) is 3.87. The van der Waals surface area contributed by atoms with Gasteiger partial charge in [-0.1, -0.05) is 5.16 Å². The summed E-state index contributed by atoms with van der Waals surface area (Å²) in [5.41, 5.74) is 5.20. The molecule has 1 unspecified atom stereocenters. The van der Waals surface area contributed by atoms with Crippen LogP contribution in [-0.2, 0) is 10.0 Å². The monoisotopic (exact) mass is 209 g/mol.